The molecular formula is C17H23Cl2IN6O. The highest BCUT2D eigenvalue weighted by Crippen LogP contribution is 2.22. The van der Waals surface area contributed by atoms with E-state index in [0.29, 0.717) is 41.2 Å². The van der Waals surface area contributed by atoms with Gasteiger partial charge in [0.15, 0.2) is 5.96 Å². The van der Waals surface area contributed by atoms with Crippen molar-refractivity contribution in [1.82, 2.24) is 25.7 Å². The van der Waals surface area contributed by atoms with Crippen LogP contribution in [0.2, 0.25) is 10.0 Å². The number of hydrogen-bond donors (Lipinski definition) is 3. The number of hydrogen-bond acceptors (Lipinski definition) is 3. The number of nitrogens with one attached hydrogen (secondary N) is 3. The lowest BCUT2D eigenvalue weighted by Crippen LogP contribution is -2.41. The summed E-state index contributed by atoms with van der Waals surface area (Å²) in [6, 6.07) is 6.71. The van der Waals surface area contributed by atoms with Gasteiger partial charge in [-0.2, -0.15) is 5.10 Å². The molecule has 2 rings (SSSR count). The Morgan fingerprint density at radius 3 is 2.52 bits per heavy atom. The average Bonchev–Trinajstić information content (AvgIpc) is 3.03. The van der Waals surface area contributed by atoms with E-state index in [1.165, 1.54) is 0 Å². The van der Waals surface area contributed by atoms with Crippen molar-refractivity contribution < 1.29 is 4.79 Å². The molecule has 10 heteroatoms. The molecule has 1 aromatic heterocycles. The predicted molar refractivity (Wildman–Crippen MR) is 120 cm³/mol. The lowest BCUT2D eigenvalue weighted by atomic mass is 10.2. The summed E-state index contributed by atoms with van der Waals surface area (Å²) < 4.78 is 1.78. The second-order valence-corrected chi connectivity index (χ2v) is 6.27. The maximum absolute atomic E-state index is 12.1. The van der Waals surface area contributed by atoms with Crippen molar-refractivity contribution in [3.63, 3.8) is 0 Å². The van der Waals surface area contributed by atoms with Gasteiger partial charge in [-0.25, -0.2) is 4.99 Å². The largest absolute Gasteiger partial charge is 0.357 e. The summed E-state index contributed by atoms with van der Waals surface area (Å²) in [6.07, 6.45) is 1.74. The maximum Gasteiger partial charge on any atom is 0.251 e. The predicted octanol–water partition coefficient (Wildman–Crippen LogP) is 2.83. The second kappa shape index (κ2) is 12.0. The summed E-state index contributed by atoms with van der Waals surface area (Å²) in [6.45, 7) is 4.22. The fourth-order valence-electron chi connectivity index (χ4n) is 2.15. The van der Waals surface area contributed by atoms with Crippen molar-refractivity contribution in [2.75, 3.05) is 19.6 Å². The molecule has 0 bridgehead atoms. The van der Waals surface area contributed by atoms with E-state index < -0.39 is 0 Å². The van der Waals surface area contributed by atoms with E-state index in [9.17, 15) is 4.79 Å². The van der Waals surface area contributed by atoms with E-state index >= 15 is 0 Å². The molecule has 3 N–H and O–H groups in total. The number of halogens is 3. The number of nitrogens with zero attached hydrogens (tertiary/aromatic N) is 3. The lowest BCUT2D eigenvalue weighted by Gasteiger charge is -2.12. The second-order valence-electron chi connectivity index (χ2n) is 5.45. The highest BCUT2D eigenvalue weighted by Gasteiger charge is 2.07. The van der Waals surface area contributed by atoms with E-state index in [1.54, 1.807) is 29.1 Å². The number of amides is 1. The summed E-state index contributed by atoms with van der Waals surface area (Å²) in [5.74, 6) is 0.472. The molecule has 0 aliphatic carbocycles. The van der Waals surface area contributed by atoms with Crippen LogP contribution in [-0.2, 0) is 13.6 Å². The molecule has 0 spiro atoms. The van der Waals surface area contributed by atoms with Crippen molar-refractivity contribution in [3.05, 3.63) is 51.8 Å². The first kappa shape index (κ1) is 23.5. The van der Waals surface area contributed by atoms with Crippen LogP contribution < -0.4 is 16.0 Å². The molecule has 0 atom stereocenters. The van der Waals surface area contributed by atoms with Gasteiger partial charge in [0.05, 0.1) is 22.3 Å². The molecule has 0 saturated heterocycles. The first-order chi connectivity index (χ1) is 12.5. The van der Waals surface area contributed by atoms with Crippen LogP contribution in [0.25, 0.3) is 0 Å². The van der Waals surface area contributed by atoms with Gasteiger partial charge in [0.2, 0.25) is 0 Å². The van der Waals surface area contributed by atoms with E-state index in [1.807, 2.05) is 20.0 Å². The number of guanidine groups is 1. The molecule has 1 aromatic carbocycles. The highest BCUT2D eigenvalue weighted by atomic mass is 127. The Hall–Kier alpha value is -1.52. The number of rotatable bonds is 7. The zero-order valence-electron chi connectivity index (χ0n) is 15.1. The van der Waals surface area contributed by atoms with Gasteiger partial charge in [0.1, 0.15) is 0 Å². The van der Waals surface area contributed by atoms with Crippen molar-refractivity contribution in [3.8, 4) is 0 Å². The summed E-state index contributed by atoms with van der Waals surface area (Å²) in [5, 5.41) is 14.1. The highest BCUT2D eigenvalue weighted by molar-refractivity contribution is 14.0. The molecule has 0 fully saturated rings. The summed E-state index contributed by atoms with van der Waals surface area (Å²) >= 11 is 11.8. The van der Waals surface area contributed by atoms with Gasteiger partial charge >= 0.3 is 0 Å². The van der Waals surface area contributed by atoms with Crippen LogP contribution in [0.4, 0.5) is 0 Å². The van der Waals surface area contributed by atoms with Crippen LogP contribution in [0.5, 0.6) is 0 Å². The molecule has 0 unspecified atom stereocenters. The molecule has 7 nitrogen and oxygen atoms in total. The van der Waals surface area contributed by atoms with Gasteiger partial charge in [-0.05, 0) is 31.2 Å². The number of carbonyl (C=O) groups excluding carboxylic acids is 1. The van der Waals surface area contributed by atoms with Crippen LogP contribution in [0.3, 0.4) is 0 Å². The van der Waals surface area contributed by atoms with Crippen LogP contribution in [0.15, 0.2) is 35.5 Å². The monoisotopic (exact) mass is 524 g/mol. The first-order valence-corrected chi connectivity index (χ1v) is 8.99. The molecule has 148 valence electrons. The zero-order chi connectivity index (χ0) is 18.9. The van der Waals surface area contributed by atoms with Gasteiger partial charge in [0.25, 0.3) is 5.91 Å². The quantitative estimate of drug-likeness (QED) is 0.225. The molecule has 0 saturated carbocycles. The molecule has 0 aliphatic heterocycles. The Labute approximate surface area is 185 Å². The van der Waals surface area contributed by atoms with Crippen molar-refractivity contribution in [2.45, 2.75) is 13.5 Å². The van der Waals surface area contributed by atoms with Gasteiger partial charge in [-0.15, -0.1) is 24.0 Å². The summed E-state index contributed by atoms with van der Waals surface area (Å²) in [4.78, 5) is 16.6. The van der Waals surface area contributed by atoms with Gasteiger partial charge in [0, 0.05) is 38.4 Å². The van der Waals surface area contributed by atoms with Crippen LogP contribution >= 0.6 is 47.2 Å². The standard InChI is InChI=1S/C17H22Cl2N6O.HI/c1-3-20-17(23-11-13-6-7-24-25(13)2)22-9-8-21-16(26)12-4-5-14(18)15(19)10-12;/h4-7,10H,3,8-9,11H2,1-2H3,(H,21,26)(H2,20,22,23);1H. The molecule has 0 radical (unpaired) electrons. The van der Waals surface area contributed by atoms with E-state index in [2.05, 4.69) is 26.0 Å². The van der Waals surface area contributed by atoms with Crippen molar-refractivity contribution in [1.29, 1.82) is 0 Å². The van der Waals surface area contributed by atoms with E-state index in [4.69, 9.17) is 23.2 Å². The third-order valence-electron chi connectivity index (χ3n) is 3.55. The molecule has 1 amide bonds. The fourth-order valence-corrected chi connectivity index (χ4v) is 2.45. The average molecular weight is 525 g/mol. The fraction of sp³-hybridized carbons (Fsp3) is 0.353. The Morgan fingerprint density at radius 1 is 1.15 bits per heavy atom. The number of aryl methyl sites for hydroxylation is 1. The number of aliphatic imine (C=N–C) groups is 1. The normalized spacial score (nSPS) is 10.9. The molecular weight excluding hydrogens is 502 g/mol. The minimum Gasteiger partial charge on any atom is -0.357 e. The third kappa shape index (κ3) is 7.55. The molecule has 1 heterocycles. The Bertz CT molecular complexity index is 781. The third-order valence-corrected chi connectivity index (χ3v) is 4.29. The Balaban J connectivity index is 0.00000364. The van der Waals surface area contributed by atoms with Gasteiger partial charge in [-0.1, -0.05) is 23.2 Å². The molecule has 27 heavy (non-hydrogen) atoms. The first-order valence-electron chi connectivity index (χ1n) is 8.23. The molecule has 0 aliphatic rings. The number of carbonyl (C=O) groups is 1. The van der Waals surface area contributed by atoms with Crippen LogP contribution in [0.1, 0.15) is 23.0 Å². The van der Waals surface area contributed by atoms with Crippen molar-refractivity contribution >= 4 is 59.0 Å². The topological polar surface area (TPSA) is 83.3 Å². The van der Waals surface area contributed by atoms with E-state index in [-0.39, 0.29) is 29.9 Å². The van der Waals surface area contributed by atoms with Gasteiger partial charge in [-0.3, -0.25) is 9.48 Å². The van der Waals surface area contributed by atoms with Crippen molar-refractivity contribution in [2.24, 2.45) is 12.0 Å². The van der Waals surface area contributed by atoms with Crippen LogP contribution in [-0.4, -0.2) is 41.3 Å². The minimum absolute atomic E-state index is 0. The maximum atomic E-state index is 12.1. The van der Waals surface area contributed by atoms with Crippen LogP contribution in [0, 0.1) is 0 Å². The zero-order valence-corrected chi connectivity index (χ0v) is 19.0. The molecule has 2 aromatic rings. The SMILES string of the molecule is CCNC(=NCc1ccnn1C)NCCNC(=O)c1ccc(Cl)c(Cl)c1.I. The smallest absolute Gasteiger partial charge is 0.251 e. The van der Waals surface area contributed by atoms with Gasteiger partial charge < -0.3 is 16.0 Å². The summed E-state index contributed by atoms with van der Waals surface area (Å²) in [5.41, 5.74) is 1.48. The summed E-state index contributed by atoms with van der Waals surface area (Å²) in [7, 11) is 1.88. The van der Waals surface area contributed by atoms with E-state index in [0.717, 1.165) is 12.2 Å². The lowest BCUT2D eigenvalue weighted by molar-refractivity contribution is 0.0954. The Morgan fingerprint density at radius 2 is 1.89 bits per heavy atom. The number of benzene rings is 1. The number of aromatic nitrogens is 2. The minimum atomic E-state index is -0.206. The Kier molecular flexibility index (Phi) is 10.5.